The highest BCUT2D eigenvalue weighted by molar-refractivity contribution is 6.31. The number of nitriles is 1. The third-order valence-corrected chi connectivity index (χ3v) is 6.26. The fourth-order valence-electron chi connectivity index (χ4n) is 4.09. The normalized spacial score (nSPS) is 20.6. The highest BCUT2D eigenvalue weighted by Gasteiger charge is 2.38. The molecule has 32 heavy (non-hydrogen) atoms. The molecule has 2 aromatic carbocycles. The third-order valence-electron chi connectivity index (χ3n) is 5.97. The van der Waals surface area contributed by atoms with Crippen molar-refractivity contribution < 1.29 is 14.3 Å². The lowest BCUT2D eigenvalue weighted by Crippen LogP contribution is -2.49. The van der Waals surface area contributed by atoms with Crippen LogP contribution in [0.5, 0.6) is 0 Å². The van der Waals surface area contributed by atoms with Crippen molar-refractivity contribution in [3.63, 3.8) is 0 Å². The highest BCUT2D eigenvalue weighted by Crippen LogP contribution is 2.39. The van der Waals surface area contributed by atoms with Crippen LogP contribution in [0, 0.1) is 17.1 Å². The van der Waals surface area contributed by atoms with Crippen LogP contribution in [-0.2, 0) is 5.60 Å². The molecule has 1 saturated carbocycles. The van der Waals surface area contributed by atoms with Crippen LogP contribution < -0.4 is 5.32 Å². The van der Waals surface area contributed by atoms with E-state index in [1.807, 2.05) is 25.1 Å². The summed E-state index contributed by atoms with van der Waals surface area (Å²) in [7, 11) is 3.88. The Morgan fingerprint density at radius 1 is 1.25 bits per heavy atom. The Hall–Kier alpha value is -2.66. The number of rotatable bonds is 6. The molecule has 0 aliphatic heterocycles. The number of nitrogens with zero attached hydrogens (tertiary/aromatic N) is 3. The molecule has 170 valence electrons. The zero-order valence-corrected chi connectivity index (χ0v) is 19.1. The first-order valence-corrected chi connectivity index (χ1v) is 11.0. The summed E-state index contributed by atoms with van der Waals surface area (Å²) in [6.07, 6.45) is 2.22. The number of carbonyl (C=O) groups is 1. The van der Waals surface area contributed by atoms with E-state index in [1.54, 1.807) is 23.1 Å². The molecule has 2 amide bonds. The second-order valence-electron chi connectivity index (χ2n) is 8.51. The van der Waals surface area contributed by atoms with E-state index in [4.69, 9.17) is 16.9 Å². The van der Waals surface area contributed by atoms with Gasteiger partial charge >= 0.3 is 6.03 Å². The molecular weight excluding hydrogens is 431 g/mol. The van der Waals surface area contributed by atoms with Crippen LogP contribution in [0.4, 0.5) is 14.9 Å². The molecule has 1 aliphatic carbocycles. The van der Waals surface area contributed by atoms with Gasteiger partial charge in [0, 0.05) is 24.8 Å². The number of carbonyl (C=O) groups excluding carboxylic acids is 1. The van der Waals surface area contributed by atoms with Gasteiger partial charge in [0.05, 0.1) is 22.3 Å². The summed E-state index contributed by atoms with van der Waals surface area (Å²) in [6, 6.07) is 12.9. The minimum absolute atomic E-state index is 0.0507. The summed E-state index contributed by atoms with van der Waals surface area (Å²) in [6.45, 7) is 1.20. The fraction of sp³-hybridized carbons (Fsp3) is 0.417. The SMILES string of the molecule is CN(C)CCN(C(=O)Nc1ccc(F)c(Cl)c1)C1CCC(O)(c2cccc(C#N)c2)CC1. The zero-order valence-electron chi connectivity index (χ0n) is 18.3. The van der Waals surface area contributed by atoms with Crippen LogP contribution in [0.1, 0.15) is 36.8 Å². The Kier molecular flexibility index (Phi) is 7.73. The van der Waals surface area contributed by atoms with Gasteiger partial charge in [0.15, 0.2) is 0 Å². The van der Waals surface area contributed by atoms with Crippen molar-refractivity contribution in [2.75, 3.05) is 32.5 Å². The number of halogens is 2. The van der Waals surface area contributed by atoms with Crippen molar-refractivity contribution in [1.82, 2.24) is 9.80 Å². The number of aliphatic hydroxyl groups is 1. The van der Waals surface area contributed by atoms with E-state index in [0.29, 0.717) is 50.0 Å². The molecule has 0 spiro atoms. The zero-order chi connectivity index (χ0) is 23.3. The Morgan fingerprint density at radius 3 is 2.59 bits per heavy atom. The summed E-state index contributed by atoms with van der Waals surface area (Å²) in [5.74, 6) is -0.541. The van der Waals surface area contributed by atoms with E-state index in [2.05, 4.69) is 11.4 Å². The lowest BCUT2D eigenvalue weighted by atomic mass is 9.77. The molecule has 0 saturated heterocycles. The van der Waals surface area contributed by atoms with Crippen molar-refractivity contribution in [1.29, 1.82) is 5.26 Å². The summed E-state index contributed by atoms with van der Waals surface area (Å²) >= 11 is 5.85. The van der Waals surface area contributed by atoms with Crippen molar-refractivity contribution >= 4 is 23.3 Å². The molecule has 1 fully saturated rings. The molecule has 6 nitrogen and oxygen atoms in total. The minimum Gasteiger partial charge on any atom is -0.385 e. The first-order chi connectivity index (χ1) is 15.2. The van der Waals surface area contributed by atoms with Crippen LogP contribution in [0.15, 0.2) is 42.5 Å². The largest absolute Gasteiger partial charge is 0.385 e. The molecule has 2 N–H and O–H groups in total. The molecule has 0 unspecified atom stereocenters. The predicted molar refractivity (Wildman–Crippen MR) is 123 cm³/mol. The van der Waals surface area contributed by atoms with Gasteiger partial charge < -0.3 is 20.2 Å². The van der Waals surface area contributed by atoms with Crippen molar-refractivity contribution in [2.45, 2.75) is 37.3 Å². The third kappa shape index (κ3) is 5.77. The van der Waals surface area contributed by atoms with Gasteiger partial charge in [-0.25, -0.2) is 9.18 Å². The Labute approximate surface area is 193 Å². The number of hydrogen-bond donors (Lipinski definition) is 2. The van der Waals surface area contributed by atoms with E-state index in [1.165, 1.54) is 18.2 Å². The first-order valence-electron chi connectivity index (χ1n) is 10.6. The second kappa shape index (κ2) is 10.3. The van der Waals surface area contributed by atoms with Crippen LogP contribution in [0.2, 0.25) is 5.02 Å². The smallest absolute Gasteiger partial charge is 0.322 e. The molecule has 0 aromatic heterocycles. The molecule has 3 rings (SSSR count). The number of amides is 2. The molecule has 0 bridgehead atoms. The van der Waals surface area contributed by atoms with Crippen molar-refractivity contribution in [3.05, 3.63) is 64.4 Å². The monoisotopic (exact) mass is 458 g/mol. The number of hydrogen-bond acceptors (Lipinski definition) is 4. The minimum atomic E-state index is -1.02. The molecule has 0 radical (unpaired) electrons. The van der Waals surface area contributed by atoms with Crippen LogP contribution in [0.25, 0.3) is 0 Å². The van der Waals surface area contributed by atoms with Gasteiger partial charge in [-0.1, -0.05) is 23.7 Å². The maximum Gasteiger partial charge on any atom is 0.322 e. The molecule has 2 aromatic rings. The van der Waals surface area contributed by atoms with Gasteiger partial charge in [-0.3, -0.25) is 0 Å². The fourth-order valence-corrected chi connectivity index (χ4v) is 4.27. The second-order valence-corrected chi connectivity index (χ2v) is 8.92. The van der Waals surface area contributed by atoms with Gasteiger partial charge in [0.1, 0.15) is 5.82 Å². The Morgan fingerprint density at radius 2 is 1.97 bits per heavy atom. The average Bonchev–Trinajstić information content (AvgIpc) is 2.77. The number of anilines is 1. The molecule has 8 heteroatoms. The Balaban J connectivity index is 1.72. The quantitative estimate of drug-likeness (QED) is 0.664. The molecule has 0 atom stereocenters. The maximum atomic E-state index is 13.5. The number of benzene rings is 2. The first kappa shape index (κ1) is 24.0. The summed E-state index contributed by atoms with van der Waals surface area (Å²) < 4.78 is 13.5. The van der Waals surface area contributed by atoms with E-state index >= 15 is 0 Å². The van der Waals surface area contributed by atoms with E-state index in [-0.39, 0.29) is 17.1 Å². The maximum absolute atomic E-state index is 13.5. The number of nitrogens with one attached hydrogen (secondary N) is 1. The van der Waals surface area contributed by atoms with Gasteiger partial charge in [-0.05, 0) is 75.7 Å². The van der Waals surface area contributed by atoms with Gasteiger partial charge in [0.2, 0.25) is 0 Å². The van der Waals surface area contributed by atoms with Crippen LogP contribution in [-0.4, -0.2) is 54.2 Å². The topological polar surface area (TPSA) is 79.6 Å². The highest BCUT2D eigenvalue weighted by atomic mass is 35.5. The molecule has 1 aliphatic rings. The van der Waals surface area contributed by atoms with Crippen molar-refractivity contribution in [2.24, 2.45) is 0 Å². The Bertz CT molecular complexity index is 1000. The molecule has 0 heterocycles. The van der Waals surface area contributed by atoms with E-state index in [0.717, 1.165) is 5.56 Å². The predicted octanol–water partition coefficient (Wildman–Crippen LogP) is 4.58. The van der Waals surface area contributed by atoms with Gasteiger partial charge in [0.25, 0.3) is 0 Å². The van der Waals surface area contributed by atoms with Crippen LogP contribution in [0.3, 0.4) is 0 Å². The summed E-state index contributed by atoms with van der Waals surface area (Å²) in [5, 5.41) is 23.2. The van der Waals surface area contributed by atoms with E-state index in [9.17, 15) is 14.3 Å². The standard InChI is InChI=1S/C24H28ClFN4O2/c1-29(2)12-13-30(23(31)28-19-6-7-22(26)21(25)15-19)20-8-10-24(32,11-9-20)18-5-3-4-17(14-18)16-27/h3-7,14-15,20,32H,8-13H2,1-2H3,(H,28,31). The van der Waals surface area contributed by atoms with Crippen molar-refractivity contribution in [3.8, 4) is 6.07 Å². The number of urea groups is 1. The van der Waals surface area contributed by atoms with E-state index < -0.39 is 11.4 Å². The number of likely N-dealkylation sites (N-methyl/N-ethyl adjacent to an activating group) is 1. The lowest BCUT2D eigenvalue weighted by molar-refractivity contribution is -0.0196. The van der Waals surface area contributed by atoms with Gasteiger partial charge in [-0.2, -0.15) is 5.26 Å². The average molecular weight is 459 g/mol. The van der Waals surface area contributed by atoms with Gasteiger partial charge in [-0.15, -0.1) is 0 Å². The van der Waals surface area contributed by atoms with Crippen LogP contribution >= 0.6 is 11.6 Å². The summed E-state index contributed by atoms with van der Waals surface area (Å²) in [5.41, 5.74) is 0.664. The molecular formula is C24H28ClFN4O2. The lowest BCUT2D eigenvalue weighted by Gasteiger charge is -2.41. The summed E-state index contributed by atoms with van der Waals surface area (Å²) in [4.78, 5) is 16.9.